The first-order valence-corrected chi connectivity index (χ1v) is 11.9. The lowest BCUT2D eigenvalue weighted by Gasteiger charge is -2.49. The van der Waals surface area contributed by atoms with Crippen LogP contribution in [0.1, 0.15) is 37.1 Å². The van der Waals surface area contributed by atoms with E-state index in [2.05, 4.69) is 26.3 Å². The number of rotatable bonds is 7. The number of esters is 1. The Morgan fingerprint density at radius 1 is 1.32 bits per heavy atom. The number of carbonyl (C=O) groups is 4. The van der Waals surface area contributed by atoms with Crippen LogP contribution in [-0.4, -0.2) is 67.3 Å². The molecule has 184 valence electrons. The standard InChI is InChI=1S/C19H18BrF3N4O6S/c1-7(28)33-5-9-6-34-17-12(16(30)27(17)14(9)18(31)32)24-10(29)4-26-13(8-2-3-8)11(20)15(25-26)19(21,22)23/h8,12,17H,2-6H2,1H3,(H,24,29)(H,31,32)/t12-,17+/m1/s1. The van der Waals surface area contributed by atoms with Gasteiger partial charge in [-0.2, -0.15) is 18.3 Å². The van der Waals surface area contributed by atoms with Crippen molar-refractivity contribution in [2.24, 2.45) is 0 Å². The fourth-order valence-electron chi connectivity index (χ4n) is 3.84. The minimum absolute atomic E-state index is 0.139. The van der Waals surface area contributed by atoms with Crippen molar-refractivity contribution in [3.63, 3.8) is 0 Å². The van der Waals surface area contributed by atoms with E-state index < -0.39 is 53.6 Å². The number of carboxylic acid groups (broad SMARTS) is 1. The second-order valence-corrected chi connectivity index (χ2v) is 9.87. The summed E-state index contributed by atoms with van der Waals surface area (Å²) in [5.41, 5.74) is -0.894. The predicted octanol–water partition coefficient (Wildman–Crippen LogP) is 1.84. The molecular formula is C19H18BrF3N4O6S. The maximum absolute atomic E-state index is 13.3. The highest BCUT2D eigenvalue weighted by Crippen LogP contribution is 2.47. The van der Waals surface area contributed by atoms with Gasteiger partial charge in [-0.05, 0) is 28.8 Å². The Hall–Kier alpha value is -2.55. The van der Waals surface area contributed by atoms with Crippen LogP contribution >= 0.6 is 27.7 Å². The molecule has 10 nitrogen and oxygen atoms in total. The first-order chi connectivity index (χ1) is 15.9. The minimum Gasteiger partial charge on any atom is -0.477 e. The van der Waals surface area contributed by atoms with E-state index in [9.17, 15) is 37.5 Å². The zero-order chi connectivity index (χ0) is 24.9. The number of hydrogen-bond donors (Lipinski definition) is 2. The number of amides is 2. The Labute approximate surface area is 203 Å². The molecule has 2 fully saturated rings. The third kappa shape index (κ3) is 4.54. The normalized spacial score (nSPS) is 22.3. The molecule has 2 amide bonds. The number of fused-ring (bicyclic) bond motifs is 1. The summed E-state index contributed by atoms with van der Waals surface area (Å²) in [6.07, 6.45) is -3.34. The number of hydrogen-bond acceptors (Lipinski definition) is 7. The van der Waals surface area contributed by atoms with E-state index in [-0.39, 0.29) is 39.7 Å². The van der Waals surface area contributed by atoms with Crippen molar-refractivity contribution in [2.75, 3.05) is 12.4 Å². The Kier molecular flexibility index (Phi) is 6.44. The van der Waals surface area contributed by atoms with Gasteiger partial charge in [-0.1, -0.05) is 0 Å². The molecule has 0 spiro atoms. The molecule has 3 aliphatic rings. The number of nitrogens with zero attached hydrogens (tertiary/aromatic N) is 3. The van der Waals surface area contributed by atoms with E-state index in [1.807, 2.05) is 0 Å². The maximum Gasteiger partial charge on any atom is 0.436 e. The smallest absolute Gasteiger partial charge is 0.436 e. The summed E-state index contributed by atoms with van der Waals surface area (Å²) in [5.74, 6) is -3.36. The summed E-state index contributed by atoms with van der Waals surface area (Å²) in [6, 6.07) is -1.05. The number of carbonyl (C=O) groups excluding carboxylic acids is 3. The molecule has 1 saturated heterocycles. The first kappa shape index (κ1) is 24.6. The summed E-state index contributed by atoms with van der Waals surface area (Å²) in [6.45, 7) is 0.364. The third-order valence-electron chi connectivity index (χ3n) is 5.47. The van der Waals surface area contributed by atoms with Crippen molar-refractivity contribution in [1.82, 2.24) is 20.0 Å². The van der Waals surface area contributed by atoms with Gasteiger partial charge < -0.3 is 15.2 Å². The minimum atomic E-state index is -4.70. The van der Waals surface area contributed by atoms with E-state index in [4.69, 9.17) is 4.74 Å². The largest absolute Gasteiger partial charge is 0.477 e. The van der Waals surface area contributed by atoms with Gasteiger partial charge in [-0.3, -0.25) is 24.0 Å². The van der Waals surface area contributed by atoms with E-state index in [0.29, 0.717) is 12.8 Å². The van der Waals surface area contributed by atoms with Gasteiger partial charge >= 0.3 is 18.1 Å². The number of β-lactam (4-membered cyclic amide) rings is 1. The van der Waals surface area contributed by atoms with Gasteiger partial charge in [0, 0.05) is 24.2 Å². The number of alkyl halides is 3. The number of nitrogens with one attached hydrogen (secondary N) is 1. The maximum atomic E-state index is 13.3. The summed E-state index contributed by atoms with van der Waals surface area (Å²) in [7, 11) is 0. The van der Waals surface area contributed by atoms with Crippen LogP contribution in [0.3, 0.4) is 0 Å². The van der Waals surface area contributed by atoms with Crippen LogP contribution in [0.4, 0.5) is 13.2 Å². The zero-order valence-corrected chi connectivity index (χ0v) is 19.9. The van der Waals surface area contributed by atoms with Gasteiger partial charge in [0.15, 0.2) is 5.69 Å². The molecule has 1 saturated carbocycles. The van der Waals surface area contributed by atoms with E-state index in [1.54, 1.807) is 0 Å². The van der Waals surface area contributed by atoms with Gasteiger partial charge in [0.05, 0.1) is 10.2 Å². The third-order valence-corrected chi connectivity index (χ3v) is 7.59. The zero-order valence-electron chi connectivity index (χ0n) is 17.5. The first-order valence-electron chi connectivity index (χ1n) is 10.1. The fourth-order valence-corrected chi connectivity index (χ4v) is 6.00. The average molecular weight is 567 g/mol. The Morgan fingerprint density at radius 3 is 2.56 bits per heavy atom. The highest BCUT2D eigenvalue weighted by atomic mass is 79.9. The molecule has 1 aromatic rings. The van der Waals surface area contributed by atoms with Crippen LogP contribution in [0, 0.1) is 0 Å². The Bertz CT molecular complexity index is 1120. The number of aliphatic carboxylic acids is 1. The molecule has 2 atom stereocenters. The van der Waals surface area contributed by atoms with Crippen LogP contribution in [0.25, 0.3) is 0 Å². The number of halogens is 4. The quantitative estimate of drug-likeness (QED) is 0.377. The molecule has 0 unspecified atom stereocenters. The van der Waals surface area contributed by atoms with Crippen LogP contribution in [-0.2, 0) is 36.6 Å². The van der Waals surface area contributed by atoms with Crippen molar-refractivity contribution in [2.45, 2.75) is 49.8 Å². The number of thioether (sulfide) groups is 1. The van der Waals surface area contributed by atoms with Gasteiger partial charge in [-0.25, -0.2) is 4.79 Å². The molecule has 1 aliphatic carbocycles. The predicted molar refractivity (Wildman–Crippen MR) is 113 cm³/mol. The van der Waals surface area contributed by atoms with Crippen molar-refractivity contribution < 1.29 is 42.2 Å². The molecule has 34 heavy (non-hydrogen) atoms. The second-order valence-electron chi connectivity index (χ2n) is 7.97. The molecule has 0 aromatic carbocycles. The van der Waals surface area contributed by atoms with Gasteiger partial charge in [-0.15, -0.1) is 11.8 Å². The van der Waals surface area contributed by atoms with Crippen molar-refractivity contribution in [1.29, 1.82) is 0 Å². The van der Waals surface area contributed by atoms with E-state index >= 15 is 0 Å². The molecule has 15 heteroatoms. The van der Waals surface area contributed by atoms with Crippen molar-refractivity contribution >= 4 is 51.4 Å². The number of aromatic nitrogens is 2. The molecule has 0 radical (unpaired) electrons. The highest BCUT2D eigenvalue weighted by molar-refractivity contribution is 9.10. The van der Waals surface area contributed by atoms with Gasteiger partial charge in [0.2, 0.25) is 5.91 Å². The summed E-state index contributed by atoms with van der Waals surface area (Å²) in [5, 5.41) is 14.9. The lowest BCUT2D eigenvalue weighted by Crippen LogP contribution is -2.70. The summed E-state index contributed by atoms with van der Waals surface area (Å²) in [4.78, 5) is 49.1. The molecule has 2 N–H and O–H groups in total. The molecule has 3 heterocycles. The monoisotopic (exact) mass is 566 g/mol. The summed E-state index contributed by atoms with van der Waals surface area (Å²) >= 11 is 4.14. The van der Waals surface area contributed by atoms with E-state index in [0.717, 1.165) is 9.58 Å². The van der Waals surface area contributed by atoms with Crippen LogP contribution < -0.4 is 5.32 Å². The number of carboxylic acids is 1. The van der Waals surface area contributed by atoms with Crippen molar-refractivity contribution in [3.05, 3.63) is 27.1 Å². The molecular weight excluding hydrogens is 549 g/mol. The molecule has 4 rings (SSSR count). The SMILES string of the molecule is CC(=O)OCC1=C(C(=O)O)N2C(=O)[C@@H](NC(=O)Cn3nc(C(F)(F)F)c(Br)c3C3CC3)[C@@H]2SC1. The lowest BCUT2D eigenvalue weighted by molar-refractivity contribution is -0.151. The molecule has 1 aromatic heterocycles. The molecule has 0 bridgehead atoms. The van der Waals surface area contributed by atoms with Crippen LogP contribution in [0.15, 0.2) is 15.7 Å². The average Bonchev–Trinajstić information content (AvgIpc) is 3.51. The number of ether oxygens (including phenoxy) is 1. The Morgan fingerprint density at radius 2 is 2.00 bits per heavy atom. The highest BCUT2D eigenvalue weighted by Gasteiger charge is 2.54. The van der Waals surface area contributed by atoms with Crippen LogP contribution in [0.2, 0.25) is 0 Å². The Balaban J connectivity index is 1.48. The second kappa shape index (κ2) is 8.91. The lowest BCUT2D eigenvalue weighted by atomic mass is 10.0. The van der Waals surface area contributed by atoms with Gasteiger partial charge in [0.25, 0.3) is 5.91 Å². The summed E-state index contributed by atoms with van der Waals surface area (Å²) < 4.78 is 45.5. The topological polar surface area (TPSA) is 131 Å². The van der Waals surface area contributed by atoms with E-state index in [1.165, 1.54) is 18.7 Å². The van der Waals surface area contributed by atoms with Gasteiger partial charge in [0.1, 0.15) is 30.3 Å². The van der Waals surface area contributed by atoms with Crippen molar-refractivity contribution in [3.8, 4) is 0 Å². The molecule has 2 aliphatic heterocycles. The van der Waals surface area contributed by atoms with Crippen LogP contribution in [0.5, 0.6) is 0 Å². The fraction of sp³-hybridized carbons (Fsp3) is 0.526.